The van der Waals surface area contributed by atoms with E-state index in [1.54, 1.807) is 20.8 Å². The van der Waals surface area contributed by atoms with Gasteiger partial charge < -0.3 is 10.6 Å². The normalized spacial score (nSPS) is 14.8. The molecule has 0 aliphatic rings. The number of carbonyl (C=O) groups is 3. The Morgan fingerprint density at radius 1 is 0.810 bits per heavy atom. The first-order valence-electron chi connectivity index (χ1n) is 7.53. The lowest BCUT2D eigenvalue weighted by Gasteiger charge is -2.27. The van der Waals surface area contributed by atoms with Gasteiger partial charge in [-0.2, -0.15) is 0 Å². The predicted molar refractivity (Wildman–Crippen MR) is 83.7 cm³/mol. The monoisotopic (exact) mass is 298 g/mol. The van der Waals surface area contributed by atoms with Gasteiger partial charge in [-0.3, -0.25) is 14.4 Å². The maximum absolute atomic E-state index is 12.3. The van der Waals surface area contributed by atoms with Crippen molar-refractivity contribution in [3.63, 3.8) is 0 Å². The summed E-state index contributed by atoms with van der Waals surface area (Å²) >= 11 is 0. The zero-order valence-electron chi connectivity index (χ0n) is 14.5. The summed E-state index contributed by atoms with van der Waals surface area (Å²) in [7, 11) is 0. The Morgan fingerprint density at radius 3 is 1.62 bits per heavy atom. The van der Waals surface area contributed by atoms with Gasteiger partial charge in [0.2, 0.25) is 11.8 Å². The maximum atomic E-state index is 12.3. The summed E-state index contributed by atoms with van der Waals surface area (Å²) in [5, 5.41) is 5.45. The number of carbonyl (C=O) groups excluding carboxylic acids is 3. The van der Waals surface area contributed by atoms with Crippen LogP contribution in [0.25, 0.3) is 0 Å². The smallest absolute Gasteiger partial charge is 0.243 e. The highest BCUT2D eigenvalue weighted by Gasteiger charge is 2.31. The average Bonchev–Trinajstić information content (AvgIpc) is 2.32. The van der Waals surface area contributed by atoms with Crippen LogP contribution < -0.4 is 10.6 Å². The molecule has 0 heterocycles. The minimum Gasteiger partial charge on any atom is -0.345 e. The van der Waals surface area contributed by atoms with Crippen molar-refractivity contribution in [3.05, 3.63) is 0 Å². The number of Topliss-reactive ketones (excluding diaryl/α,β-unsaturated/α-hetero) is 1. The van der Waals surface area contributed by atoms with Gasteiger partial charge in [0.25, 0.3) is 0 Å². The number of hydrogen-bond acceptors (Lipinski definition) is 3. The van der Waals surface area contributed by atoms with Crippen LogP contribution in [0.3, 0.4) is 0 Å². The molecule has 0 radical (unpaired) electrons. The Kier molecular flexibility index (Phi) is 7.07. The second-order valence-corrected chi connectivity index (χ2v) is 7.23. The number of amides is 2. The third kappa shape index (κ3) is 6.27. The van der Waals surface area contributed by atoms with Gasteiger partial charge in [-0.25, -0.2) is 0 Å². The molecule has 0 unspecified atom stereocenters. The van der Waals surface area contributed by atoms with Gasteiger partial charge in [0, 0.05) is 11.3 Å². The molecule has 0 rings (SSSR count). The summed E-state index contributed by atoms with van der Waals surface area (Å²) in [5.41, 5.74) is -0.513. The van der Waals surface area contributed by atoms with Crippen LogP contribution in [0.1, 0.15) is 55.4 Å². The van der Waals surface area contributed by atoms with E-state index in [0.29, 0.717) is 0 Å². The zero-order chi connectivity index (χ0) is 17.0. The third-order valence-electron chi connectivity index (χ3n) is 3.26. The fraction of sp³-hybridized carbons (Fsp3) is 0.812. The van der Waals surface area contributed by atoms with Crippen LogP contribution in [-0.4, -0.2) is 29.7 Å². The summed E-state index contributed by atoms with van der Waals surface area (Å²) in [6.07, 6.45) is 0. The van der Waals surface area contributed by atoms with E-state index in [0.717, 1.165) is 0 Å². The molecule has 0 aliphatic heterocycles. The van der Waals surface area contributed by atoms with Crippen LogP contribution in [0.4, 0.5) is 0 Å². The Morgan fingerprint density at radius 2 is 1.29 bits per heavy atom. The minimum absolute atomic E-state index is 0.0338. The molecule has 0 fully saturated rings. The molecule has 5 heteroatoms. The van der Waals surface area contributed by atoms with Crippen molar-refractivity contribution in [3.8, 4) is 0 Å². The first kappa shape index (κ1) is 19.6. The lowest BCUT2D eigenvalue weighted by molar-refractivity contribution is -0.135. The first-order chi connectivity index (χ1) is 9.37. The molecule has 21 heavy (non-hydrogen) atoms. The van der Waals surface area contributed by atoms with E-state index in [1.807, 2.05) is 34.6 Å². The topological polar surface area (TPSA) is 75.3 Å². The van der Waals surface area contributed by atoms with Crippen molar-refractivity contribution in [1.82, 2.24) is 10.6 Å². The first-order valence-corrected chi connectivity index (χ1v) is 7.53. The molecule has 0 spiro atoms. The lowest BCUT2D eigenvalue weighted by Crippen LogP contribution is -2.54. The van der Waals surface area contributed by atoms with Gasteiger partial charge in [0.15, 0.2) is 5.78 Å². The van der Waals surface area contributed by atoms with Crippen LogP contribution in [0.15, 0.2) is 0 Å². The number of rotatable bonds is 6. The molecule has 0 bridgehead atoms. The SMILES string of the molecule is CC(C)C(=O)N[C@H](C(=O)N[C@@H](C)C(=O)C(C)(C)C)C(C)C. The fourth-order valence-electron chi connectivity index (χ4n) is 1.87. The Bertz CT molecular complexity index is 395. The van der Waals surface area contributed by atoms with Gasteiger partial charge in [-0.05, 0) is 12.8 Å². The summed E-state index contributed by atoms with van der Waals surface area (Å²) in [4.78, 5) is 36.2. The molecule has 2 N–H and O–H groups in total. The number of hydrogen-bond donors (Lipinski definition) is 2. The molecule has 122 valence electrons. The van der Waals surface area contributed by atoms with Gasteiger partial charge >= 0.3 is 0 Å². The van der Waals surface area contributed by atoms with Crippen LogP contribution in [0.2, 0.25) is 0 Å². The summed E-state index contributed by atoms with van der Waals surface area (Å²) in [6.45, 7) is 14.4. The Balaban J connectivity index is 4.85. The summed E-state index contributed by atoms with van der Waals surface area (Å²) in [6, 6.07) is -1.20. The zero-order valence-corrected chi connectivity index (χ0v) is 14.5. The highest BCUT2D eigenvalue weighted by atomic mass is 16.2. The van der Waals surface area contributed by atoms with Gasteiger partial charge in [-0.1, -0.05) is 48.5 Å². The minimum atomic E-state index is -0.630. The van der Waals surface area contributed by atoms with Crippen molar-refractivity contribution >= 4 is 17.6 Å². The molecule has 0 aromatic rings. The van der Waals surface area contributed by atoms with Gasteiger partial charge in [0.05, 0.1) is 6.04 Å². The molecule has 2 amide bonds. The Labute approximate surface area is 128 Å². The summed E-state index contributed by atoms with van der Waals surface area (Å²) < 4.78 is 0. The van der Waals surface area contributed by atoms with E-state index in [-0.39, 0.29) is 29.4 Å². The van der Waals surface area contributed by atoms with Crippen LogP contribution in [-0.2, 0) is 14.4 Å². The molecule has 2 atom stereocenters. The van der Waals surface area contributed by atoms with Crippen LogP contribution in [0, 0.1) is 17.3 Å². The largest absolute Gasteiger partial charge is 0.345 e. The number of ketones is 1. The van der Waals surface area contributed by atoms with Crippen molar-refractivity contribution in [2.24, 2.45) is 17.3 Å². The molecule has 0 aliphatic carbocycles. The van der Waals surface area contributed by atoms with Crippen LogP contribution >= 0.6 is 0 Å². The lowest BCUT2D eigenvalue weighted by atomic mass is 9.87. The van der Waals surface area contributed by atoms with Crippen LogP contribution in [0.5, 0.6) is 0 Å². The number of nitrogens with one attached hydrogen (secondary N) is 2. The Hall–Kier alpha value is -1.39. The van der Waals surface area contributed by atoms with E-state index in [2.05, 4.69) is 10.6 Å². The predicted octanol–water partition coefficient (Wildman–Crippen LogP) is 1.90. The van der Waals surface area contributed by atoms with E-state index in [9.17, 15) is 14.4 Å². The molecule has 0 saturated heterocycles. The van der Waals surface area contributed by atoms with E-state index in [1.165, 1.54) is 0 Å². The van der Waals surface area contributed by atoms with Gasteiger partial charge in [0.1, 0.15) is 6.04 Å². The third-order valence-corrected chi connectivity index (χ3v) is 3.26. The quantitative estimate of drug-likeness (QED) is 0.786. The van der Waals surface area contributed by atoms with Crippen molar-refractivity contribution in [1.29, 1.82) is 0 Å². The molecule has 0 aromatic heterocycles. The van der Waals surface area contributed by atoms with Gasteiger partial charge in [-0.15, -0.1) is 0 Å². The molecule has 0 aromatic carbocycles. The highest BCUT2D eigenvalue weighted by molar-refractivity contribution is 5.94. The molecule has 0 saturated carbocycles. The highest BCUT2D eigenvalue weighted by Crippen LogP contribution is 2.17. The summed E-state index contributed by atoms with van der Waals surface area (Å²) in [5.74, 6) is -0.756. The fourth-order valence-corrected chi connectivity index (χ4v) is 1.87. The second-order valence-electron chi connectivity index (χ2n) is 7.23. The van der Waals surface area contributed by atoms with E-state index in [4.69, 9.17) is 0 Å². The molecular formula is C16H30N2O3. The van der Waals surface area contributed by atoms with Crippen molar-refractivity contribution < 1.29 is 14.4 Å². The standard InChI is InChI=1S/C16H30N2O3/c1-9(2)12(18-14(20)10(3)4)15(21)17-11(5)13(19)16(6,7)8/h9-12H,1-8H3,(H,17,21)(H,18,20)/t11-,12-/m0/s1. The van der Waals surface area contributed by atoms with E-state index < -0.39 is 17.5 Å². The maximum Gasteiger partial charge on any atom is 0.243 e. The average molecular weight is 298 g/mol. The molecule has 5 nitrogen and oxygen atoms in total. The van der Waals surface area contributed by atoms with Crippen molar-refractivity contribution in [2.75, 3.05) is 0 Å². The van der Waals surface area contributed by atoms with E-state index >= 15 is 0 Å². The van der Waals surface area contributed by atoms with Crippen molar-refractivity contribution in [2.45, 2.75) is 67.5 Å². The second kappa shape index (κ2) is 7.57. The molecular weight excluding hydrogens is 268 g/mol.